The summed E-state index contributed by atoms with van der Waals surface area (Å²) in [5.74, 6) is 0.766. The first-order valence-electron chi connectivity index (χ1n) is 4.10. The lowest BCUT2D eigenvalue weighted by molar-refractivity contribution is 1.52. The van der Waals surface area contributed by atoms with Gasteiger partial charge in [-0.25, -0.2) is 11.6 Å². The van der Waals surface area contributed by atoms with E-state index in [1.165, 1.54) is 12.6 Å². The van der Waals surface area contributed by atoms with Crippen molar-refractivity contribution < 1.29 is 0 Å². The third-order valence-corrected chi connectivity index (χ3v) is 2.65. The molecule has 0 rings (SSSR count). The van der Waals surface area contributed by atoms with Crippen molar-refractivity contribution in [3.8, 4) is 0 Å². The van der Waals surface area contributed by atoms with Crippen LogP contribution in [-0.4, -0.2) is 12.2 Å². The Balaban J connectivity index is 3.57. The summed E-state index contributed by atoms with van der Waals surface area (Å²) in [6.45, 7) is 4.15. The smallest absolute Gasteiger partial charge is 0.213 e. The van der Waals surface area contributed by atoms with E-state index in [0.29, 0.717) is 0 Å². The predicted molar refractivity (Wildman–Crippen MR) is 58.5 cm³/mol. The van der Waals surface area contributed by atoms with Crippen molar-refractivity contribution >= 4 is 17.6 Å². The van der Waals surface area contributed by atoms with E-state index in [1.54, 1.807) is 0 Å². The molecule has 0 aliphatic carbocycles. The van der Waals surface area contributed by atoms with Crippen molar-refractivity contribution in [3.63, 3.8) is 0 Å². The van der Waals surface area contributed by atoms with E-state index in [0.717, 1.165) is 5.99 Å². The number of allylic oxidation sites excluding steroid dienone is 4. The minimum Gasteiger partial charge on any atom is -0.213 e. The van der Waals surface area contributed by atoms with Gasteiger partial charge < -0.3 is 0 Å². The van der Waals surface area contributed by atoms with Crippen LogP contribution in [0.5, 0.6) is 0 Å². The van der Waals surface area contributed by atoms with Crippen LogP contribution in [0.15, 0.2) is 24.3 Å². The molecule has 2 heteroatoms. The molecule has 0 heterocycles. The van der Waals surface area contributed by atoms with E-state index in [4.69, 9.17) is 0 Å². The Bertz CT molecular complexity index is 116. The fourth-order valence-electron chi connectivity index (χ4n) is 0.864. The Morgan fingerprint density at radius 2 is 1.55 bits per heavy atom. The van der Waals surface area contributed by atoms with Gasteiger partial charge in [0.15, 0.2) is 0 Å². The molecule has 0 spiro atoms. The Hall–Kier alpha value is -0.105. The van der Waals surface area contributed by atoms with Crippen molar-refractivity contribution in [1.82, 2.24) is 0 Å². The predicted octanol–water partition coefficient (Wildman–Crippen LogP) is 3.49. The second-order valence-corrected chi connectivity index (χ2v) is 3.61. The van der Waals surface area contributed by atoms with E-state index in [1.807, 2.05) is 11.6 Å². The molecule has 0 unspecified atom stereocenters. The summed E-state index contributed by atoms with van der Waals surface area (Å²) in [5.41, 5.74) is 0. The van der Waals surface area contributed by atoms with Crippen LogP contribution in [0.3, 0.4) is 0 Å². The van der Waals surface area contributed by atoms with Crippen LogP contribution in [0.4, 0.5) is 0 Å². The SMILES string of the molecule is C/C=C/CB(C/C=C/C)SC. The molecular formula is C9H17BS. The van der Waals surface area contributed by atoms with Crippen LogP contribution < -0.4 is 0 Å². The molecule has 0 fully saturated rings. The Morgan fingerprint density at radius 3 is 1.82 bits per heavy atom. The van der Waals surface area contributed by atoms with Gasteiger partial charge >= 0.3 is 0 Å². The Kier molecular flexibility index (Phi) is 7.92. The zero-order chi connectivity index (χ0) is 8.53. The van der Waals surface area contributed by atoms with Crippen molar-refractivity contribution in [3.05, 3.63) is 24.3 Å². The van der Waals surface area contributed by atoms with Gasteiger partial charge in [-0.1, -0.05) is 24.3 Å². The van der Waals surface area contributed by atoms with Gasteiger partial charge in [0.05, 0.1) is 0 Å². The molecule has 0 amide bonds. The van der Waals surface area contributed by atoms with Crippen LogP contribution in [0, 0.1) is 0 Å². The van der Waals surface area contributed by atoms with Gasteiger partial charge in [-0.05, 0) is 32.7 Å². The molecule has 0 aliphatic heterocycles. The molecule has 62 valence electrons. The average molecular weight is 168 g/mol. The van der Waals surface area contributed by atoms with E-state index in [2.05, 4.69) is 44.4 Å². The minimum absolute atomic E-state index is 0.766. The van der Waals surface area contributed by atoms with Gasteiger partial charge in [0.1, 0.15) is 0 Å². The number of rotatable bonds is 5. The molecule has 11 heavy (non-hydrogen) atoms. The molecular weight excluding hydrogens is 151 g/mol. The van der Waals surface area contributed by atoms with E-state index >= 15 is 0 Å². The summed E-state index contributed by atoms with van der Waals surface area (Å²) in [7, 11) is 0. The molecule has 0 aromatic heterocycles. The molecule has 0 aromatic rings. The third-order valence-electron chi connectivity index (χ3n) is 1.60. The summed E-state index contributed by atoms with van der Waals surface area (Å²) in [4.78, 5) is 0. The highest BCUT2D eigenvalue weighted by molar-refractivity contribution is 8.25. The molecule has 0 bridgehead atoms. The van der Waals surface area contributed by atoms with Crippen molar-refractivity contribution in [2.24, 2.45) is 0 Å². The topological polar surface area (TPSA) is 0 Å². The second kappa shape index (κ2) is 8.00. The summed E-state index contributed by atoms with van der Waals surface area (Å²) >= 11 is 1.95. The van der Waals surface area contributed by atoms with Gasteiger partial charge in [-0.3, -0.25) is 0 Å². The summed E-state index contributed by atoms with van der Waals surface area (Å²) in [6.07, 6.45) is 13.3. The second-order valence-electron chi connectivity index (χ2n) is 2.47. The molecule has 0 saturated carbocycles. The fourth-order valence-corrected chi connectivity index (χ4v) is 1.47. The Morgan fingerprint density at radius 1 is 1.09 bits per heavy atom. The Labute approximate surface area is 75.1 Å². The molecule has 0 aliphatic rings. The highest BCUT2D eigenvalue weighted by Gasteiger charge is 2.06. The van der Waals surface area contributed by atoms with Crippen LogP contribution in [0.25, 0.3) is 0 Å². The number of hydrogen-bond acceptors (Lipinski definition) is 1. The lowest BCUT2D eigenvalue weighted by Gasteiger charge is -2.03. The highest BCUT2D eigenvalue weighted by atomic mass is 32.2. The normalized spacial score (nSPS) is 11.5. The monoisotopic (exact) mass is 168 g/mol. The maximum atomic E-state index is 2.24. The van der Waals surface area contributed by atoms with E-state index < -0.39 is 0 Å². The zero-order valence-corrected chi connectivity index (χ0v) is 8.53. The van der Waals surface area contributed by atoms with Crippen LogP contribution in [0.1, 0.15) is 13.8 Å². The van der Waals surface area contributed by atoms with Crippen molar-refractivity contribution in [2.75, 3.05) is 6.26 Å². The van der Waals surface area contributed by atoms with Gasteiger partial charge in [0.2, 0.25) is 5.99 Å². The first-order chi connectivity index (χ1) is 5.35. The third kappa shape index (κ3) is 6.30. The lowest BCUT2D eigenvalue weighted by atomic mass is 9.68. The molecule has 0 N–H and O–H groups in total. The zero-order valence-electron chi connectivity index (χ0n) is 7.71. The van der Waals surface area contributed by atoms with Gasteiger partial charge in [0, 0.05) is 0 Å². The summed E-state index contributed by atoms with van der Waals surface area (Å²) in [6, 6.07) is 0. The van der Waals surface area contributed by atoms with Crippen LogP contribution in [-0.2, 0) is 0 Å². The van der Waals surface area contributed by atoms with Crippen LogP contribution in [0.2, 0.25) is 12.6 Å². The highest BCUT2D eigenvalue weighted by Crippen LogP contribution is 2.13. The fraction of sp³-hybridized carbons (Fsp3) is 0.556. The van der Waals surface area contributed by atoms with Crippen molar-refractivity contribution in [2.45, 2.75) is 26.5 Å². The molecule has 0 atom stereocenters. The summed E-state index contributed by atoms with van der Waals surface area (Å²) in [5, 5.41) is 0. The molecule has 0 saturated heterocycles. The average Bonchev–Trinajstić information content (AvgIpc) is 2.05. The maximum Gasteiger partial charge on any atom is 0.216 e. The van der Waals surface area contributed by atoms with Gasteiger partial charge in [-0.2, -0.15) is 0 Å². The van der Waals surface area contributed by atoms with Crippen LogP contribution >= 0.6 is 11.6 Å². The minimum atomic E-state index is 0.766. The standard InChI is InChI=1S/C9H17BS/c1-4-6-8-10(11-3)9-7-5-2/h4-7H,8-9H2,1-3H3/b6-4+,7-5+. The first-order valence-corrected chi connectivity index (χ1v) is 5.39. The summed E-state index contributed by atoms with van der Waals surface area (Å²) < 4.78 is 0. The molecule has 0 radical (unpaired) electrons. The quantitative estimate of drug-likeness (QED) is 0.447. The molecule has 0 nitrogen and oxygen atoms in total. The molecule has 0 aromatic carbocycles. The number of hydrogen-bond donors (Lipinski definition) is 0. The first kappa shape index (κ1) is 10.9. The van der Waals surface area contributed by atoms with Crippen molar-refractivity contribution in [1.29, 1.82) is 0 Å². The van der Waals surface area contributed by atoms with E-state index in [-0.39, 0.29) is 0 Å². The van der Waals surface area contributed by atoms with Gasteiger partial charge in [-0.15, -0.1) is 0 Å². The van der Waals surface area contributed by atoms with E-state index in [9.17, 15) is 0 Å². The maximum absolute atomic E-state index is 2.24. The lowest BCUT2D eigenvalue weighted by Crippen LogP contribution is -2.02. The largest absolute Gasteiger partial charge is 0.216 e. The van der Waals surface area contributed by atoms with Gasteiger partial charge in [0.25, 0.3) is 0 Å².